The van der Waals surface area contributed by atoms with Crippen LogP contribution in [0.3, 0.4) is 0 Å². The maximum absolute atomic E-state index is 12.4. The summed E-state index contributed by atoms with van der Waals surface area (Å²) in [5.74, 6) is 0.580. The molecule has 7 heteroatoms. The predicted octanol–water partition coefficient (Wildman–Crippen LogP) is 3.42. The Morgan fingerprint density at radius 2 is 1.83 bits per heavy atom. The van der Waals surface area contributed by atoms with Gasteiger partial charge in [0.25, 0.3) is 0 Å². The van der Waals surface area contributed by atoms with E-state index in [1.54, 1.807) is 39.3 Å². The molecule has 3 rings (SSSR count). The third-order valence-corrected chi connectivity index (χ3v) is 4.92. The second kappa shape index (κ2) is 8.68. The van der Waals surface area contributed by atoms with Crippen molar-refractivity contribution in [2.45, 2.75) is 19.6 Å². The van der Waals surface area contributed by atoms with E-state index in [9.17, 15) is 9.59 Å². The second-order valence-corrected chi connectivity index (χ2v) is 6.62. The SMILES string of the molecule is COC(=O)C1=C(C)N(C)C(=O)N[C@H]1c1ccc(OCc2ccccc2)c(OC)c1. The van der Waals surface area contributed by atoms with E-state index in [1.165, 1.54) is 12.0 Å². The summed E-state index contributed by atoms with van der Waals surface area (Å²) < 4.78 is 16.3. The molecule has 2 aromatic rings. The number of carbonyl (C=O) groups is 2. The van der Waals surface area contributed by atoms with E-state index in [0.29, 0.717) is 34.9 Å². The largest absolute Gasteiger partial charge is 0.493 e. The molecule has 29 heavy (non-hydrogen) atoms. The minimum Gasteiger partial charge on any atom is -0.493 e. The summed E-state index contributed by atoms with van der Waals surface area (Å²) in [6.45, 7) is 2.11. The standard InChI is InChI=1S/C22H24N2O5/c1-14-19(21(25)28-4)20(23-22(26)24(14)2)16-10-11-17(18(12-16)27-3)29-13-15-8-6-5-7-9-15/h5-12,20H,13H2,1-4H3,(H,23,26)/t20-/m0/s1. The number of methoxy groups -OCH3 is 2. The Morgan fingerprint density at radius 1 is 1.10 bits per heavy atom. The highest BCUT2D eigenvalue weighted by Gasteiger charge is 2.35. The van der Waals surface area contributed by atoms with E-state index in [4.69, 9.17) is 14.2 Å². The molecule has 0 saturated heterocycles. The average Bonchev–Trinajstić information content (AvgIpc) is 2.75. The van der Waals surface area contributed by atoms with Crippen LogP contribution in [0.15, 0.2) is 59.8 Å². The average molecular weight is 396 g/mol. The van der Waals surface area contributed by atoms with Crippen molar-refractivity contribution in [2.75, 3.05) is 21.3 Å². The minimum absolute atomic E-state index is 0.302. The number of hydrogen-bond donors (Lipinski definition) is 1. The van der Waals surface area contributed by atoms with Gasteiger partial charge >= 0.3 is 12.0 Å². The zero-order chi connectivity index (χ0) is 21.0. The molecular formula is C22H24N2O5. The van der Waals surface area contributed by atoms with Crippen molar-refractivity contribution in [1.82, 2.24) is 10.2 Å². The van der Waals surface area contributed by atoms with Crippen molar-refractivity contribution >= 4 is 12.0 Å². The number of urea groups is 1. The van der Waals surface area contributed by atoms with Gasteiger partial charge in [-0.2, -0.15) is 0 Å². The summed E-state index contributed by atoms with van der Waals surface area (Å²) in [5.41, 5.74) is 2.63. The van der Waals surface area contributed by atoms with E-state index in [-0.39, 0.29) is 6.03 Å². The Labute approximate surface area is 169 Å². The van der Waals surface area contributed by atoms with Crippen LogP contribution in [0.5, 0.6) is 11.5 Å². The fourth-order valence-corrected chi connectivity index (χ4v) is 3.18. The molecule has 1 aliphatic heterocycles. The zero-order valence-electron chi connectivity index (χ0n) is 16.9. The Bertz CT molecular complexity index is 939. The molecule has 0 saturated carbocycles. The Morgan fingerprint density at radius 3 is 2.48 bits per heavy atom. The number of esters is 1. The lowest BCUT2D eigenvalue weighted by Crippen LogP contribution is -2.46. The number of rotatable bonds is 6. The first-order valence-corrected chi connectivity index (χ1v) is 9.14. The van der Waals surface area contributed by atoms with Crippen molar-refractivity contribution in [1.29, 1.82) is 0 Å². The Kier molecular flexibility index (Phi) is 6.07. The number of nitrogens with zero attached hydrogens (tertiary/aromatic N) is 1. The minimum atomic E-state index is -0.650. The van der Waals surface area contributed by atoms with Crippen LogP contribution in [-0.2, 0) is 16.1 Å². The molecule has 0 bridgehead atoms. The van der Waals surface area contributed by atoms with Crippen LogP contribution in [0.25, 0.3) is 0 Å². The summed E-state index contributed by atoms with van der Waals surface area (Å²) >= 11 is 0. The van der Waals surface area contributed by atoms with Crippen LogP contribution in [-0.4, -0.2) is 38.2 Å². The lowest BCUT2D eigenvalue weighted by molar-refractivity contribution is -0.136. The first-order chi connectivity index (χ1) is 14.0. The summed E-state index contributed by atoms with van der Waals surface area (Å²) in [6, 6.07) is 14.2. The van der Waals surface area contributed by atoms with Crippen molar-refractivity contribution in [2.24, 2.45) is 0 Å². The number of allylic oxidation sites excluding steroid dienone is 1. The van der Waals surface area contributed by atoms with E-state index >= 15 is 0 Å². The van der Waals surface area contributed by atoms with Gasteiger partial charge in [-0.05, 0) is 30.2 Å². The number of benzene rings is 2. The fourth-order valence-electron chi connectivity index (χ4n) is 3.18. The maximum atomic E-state index is 12.4. The molecule has 7 nitrogen and oxygen atoms in total. The van der Waals surface area contributed by atoms with Gasteiger partial charge < -0.3 is 24.4 Å². The predicted molar refractivity (Wildman–Crippen MR) is 108 cm³/mol. The summed E-state index contributed by atoms with van der Waals surface area (Å²) in [4.78, 5) is 26.1. The van der Waals surface area contributed by atoms with Crippen LogP contribution in [0, 0.1) is 0 Å². The molecule has 152 valence electrons. The monoisotopic (exact) mass is 396 g/mol. The van der Waals surface area contributed by atoms with Crippen LogP contribution >= 0.6 is 0 Å². The maximum Gasteiger partial charge on any atom is 0.337 e. The Hall–Kier alpha value is -3.48. The molecule has 1 aliphatic rings. The number of carbonyl (C=O) groups excluding carboxylic acids is 2. The van der Waals surface area contributed by atoms with E-state index < -0.39 is 12.0 Å². The van der Waals surface area contributed by atoms with Crippen molar-refractivity contribution < 1.29 is 23.8 Å². The first kappa shape index (κ1) is 20.3. The molecule has 0 spiro atoms. The van der Waals surface area contributed by atoms with E-state index in [2.05, 4.69) is 5.32 Å². The fraction of sp³-hybridized carbons (Fsp3) is 0.273. The van der Waals surface area contributed by atoms with Gasteiger partial charge in [-0.1, -0.05) is 36.4 Å². The van der Waals surface area contributed by atoms with E-state index in [0.717, 1.165) is 5.56 Å². The van der Waals surface area contributed by atoms with Gasteiger partial charge in [0.2, 0.25) is 0 Å². The highest BCUT2D eigenvalue weighted by atomic mass is 16.5. The summed E-state index contributed by atoms with van der Waals surface area (Å²) in [6.07, 6.45) is 0. The molecule has 0 fully saturated rings. The lowest BCUT2D eigenvalue weighted by atomic mass is 9.94. The first-order valence-electron chi connectivity index (χ1n) is 9.14. The Balaban J connectivity index is 1.91. The van der Waals surface area contributed by atoms with Gasteiger partial charge in [-0.15, -0.1) is 0 Å². The van der Waals surface area contributed by atoms with Crippen molar-refractivity contribution in [3.05, 3.63) is 70.9 Å². The quantitative estimate of drug-likeness (QED) is 0.757. The molecule has 2 aromatic carbocycles. The van der Waals surface area contributed by atoms with Crippen LogP contribution in [0.1, 0.15) is 24.1 Å². The third-order valence-electron chi connectivity index (χ3n) is 4.92. The van der Waals surface area contributed by atoms with Crippen LogP contribution in [0.2, 0.25) is 0 Å². The molecule has 0 radical (unpaired) electrons. The zero-order valence-corrected chi connectivity index (χ0v) is 16.9. The summed E-state index contributed by atoms with van der Waals surface area (Å²) in [5, 5.41) is 2.84. The highest BCUT2D eigenvalue weighted by Crippen LogP contribution is 2.36. The van der Waals surface area contributed by atoms with E-state index in [1.807, 2.05) is 30.3 Å². The molecule has 0 aromatic heterocycles. The highest BCUT2D eigenvalue weighted by molar-refractivity contribution is 5.94. The molecule has 0 aliphatic carbocycles. The van der Waals surface area contributed by atoms with Crippen LogP contribution < -0.4 is 14.8 Å². The molecule has 0 unspecified atom stereocenters. The summed E-state index contributed by atoms with van der Waals surface area (Å²) in [7, 11) is 4.46. The van der Waals surface area contributed by atoms with Gasteiger partial charge in [0.15, 0.2) is 11.5 Å². The normalized spacial score (nSPS) is 16.3. The molecule has 1 atom stereocenters. The van der Waals surface area contributed by atoms with Gasteiger partial charge in [0, 0.05) is 12.7 Å². The third kappa shape index (κ3) is 4.18. The number of ether oxygens (including phenoxy) is 3. The molecule has 1 heterocycles. The van der Waals surface area contributed by atoms with Gasteiger partial charge in [0.1, 0.15) is 6.61 Å². The second-order valence-electron chi connectivity index (χ2n) is 6.62. The van der Waals surface area contributed by atoms with Crippen LogP contribution in [0.4, 0.5) is 4.79 Å². The smallest absolute Gasteiger partial charge is 0.337 e. The van der Waals surface area contributed by atoms with Gasteiger partial charge in [-0.3, -0.25) is 0 Å². The molecular weight excluding hydrogens is 372 g/mol. The molecule has 2 amide bonds. The molecule has 1 N–H and O–H groups in total. The number of amides is 2. The number of nitrogens with one attached hydrogen (secondary N) is 1. The van der Waals surface area contributed by atoms with Gasteiger partial charge in [0.05, 0.1) is 25.8 Å². The van der Waals surface area contributed by atoms with Crippen molar-refractivity contribution in [3.8, 4) is 11.5 Å². The lowest BCUT2D eigenvalue weighted by Gasteiger charge is -2.33. The van der Waals surface area contributed by atoms with Crippen molar-refractivity contribution in [3.63, 3.8) is 0 Å². The topological polar surface area (TPSA) is 77.1 Å². The number of hydrogen-bond acceptors (Lipinski definition) is 5. The van der Waals surface area contributed by atoms with Gasteiger partial charge in [-0.25, -0.2) is 9.59 Å².